The topological polar surface area (TPSA) is 43.1 Å². The van der Waals surface area contributed by atoms with Gasteiger partial charge < -0.3 is 5.73 Å². The molecule has 0 heterocycles. The Bertz CT molecular complexity index is 121. The summed E-state index contributed by atoms with van der Waals surface area (Å²) >= 11 is 0. The first-order valence-corrected chi connectivity index (χ1v) is 6.91. The molecule has 2 N–H and O–H groups in total. The van der Waals surface area contributed by atoms with Crippen molar-refractivity contribution < 1.29 is 4.79 Å². The van der Waals surface area contributed by atoms with Gasteiger partial charge in [0.05, 0.1) is 0 Å². The molecule has 1 amide bonds. The van der Waals surface area contributed by atoms with Gasteiger partial charge in [-0.05, 0) is 0 Å². The molecule has 0 radical (unpaired) electrons. The van der Waals surface area contributed by atoms with Gasteiger partial charge in [0, 0.05) is 6.92 Å². The van der Waals surface area contributed by atoms with Crippen LogP contribution in [0.15, 0.2) is 0 Å². The fourth-order valence-corrected chi connectivity index (χ4v) is 1.56. The molecule has 0 aliphatic heterocycles. The lowest BCUT2D eigenvalue weighted by molar-refractivity contribution is -0.115. The Kier molecular flexibility index (Phi) is 18.8. The van der Waals surface area contributed by atoms with Crippen molar-refractivity contribution >= 4 is 5.91 Å². The maximum atomic E-state index is 9.22. The maximum Gasteiger partial charge on any atom is 0.214 e. The van der Waals surface area contributed by atoms with Gasteiger partial charge in [-0.1, -0.05) is 78.1 Å². The van der Waals surface area contributed by atoms with E-state index in [2.05, 4.69) is 19.6 Å². The summed E-state index contributed by atoms with van der Waals surface area (Å²) in [6.45, 7) is 5.86. The number of hydrogen-bond acceptors (Lipinski definition) is 1. The van der Waals surface area contributed by atoms with Crippen molar-refractivity contribution in [3.05, 3.63) is 0 Å². The van der Waals surface area contributed by atoms with Gasteiger partial charge in [0.25, 0.3) is 0 Å². The van der Waals surface area contributed by atoms with E-state index in [9.17, 15) is 4.79 Å². The minimum atomic E-state index is -0.333. The zero-order valence-corrected chi connectivity index (χ0v) is 11.6. The number of primary amides is 1. The van der Waals surface area contributed by atoms with E-state index in [4.69, 9.17) is 0 Å². The monoisotopic (exact) mass is 229 g/mol. The van der Waals surface area contributed by atoms with Crippen molar-refractivity contribution in [2.75, 3.05) is 0 Å². The van der Waals surface area contributed by atoms with Crippen molar-refractivity contribution in [1.82, 2.24) is 0 Å². The molecule has 0 fully saturated rings. The molecular formula is C14H31NO. The summed E-state index contributed by atoms with van der Waals surface area (Å²) in [7, 11) is 0. The van der Waals surface area contributed by atoms with Gasteiger partial charge in [0.2, 0.25) is 5.91 Å². The smallest absolute Gasteiger partial charge is 0.214 e. The molecule has 2 nitrogen and oxygen atoms in total. The number of nitrogens with two attached hydrogens (primary N) is 1. The molecule has 0 unspecified atom stereocenters. The normalized spacial score (nSPS) is 9.44. The highest BCUT2D eigenvalue weighted by Crippen LogP contribution is 2.09. The molecule has 0 bridgehead atoms. The Labute approximate surface area is 102 Å². The van der Waals surface area contributed by atoms with Crippen LogP contribution in [0.4, 0.5) is 0 Å². The van der Waals surface area contributed by atoms with E-state index in [-0.39, 0.29) is 5.91 Å². The zero-order valence-electron chi connectivity index (χ0n) is 11.6. The van der Waals surface area contributed by atoms with Crippen molar-refractivity contribution in [1.29, 1.82) is 0 Å². The van der Waals surface area contributed by atoms with E-state index in [1.54, 1.807) is 0 Å². The van der Waals surface area contributed by atoms with Gasteiger partial charge >= 0.3 is 0 Å². The molecule has 98 valence electrons. The van der Waals surface area contributed by atoms with E-state index in [1.165, 1.54) is 71.1 Å². The van der Waals surface area contributed by atoms with E-state index in [0.29, 0.717) is 0 Å². The van der Waals surface area contributed by atoms with Gasteiger partial charge in [-0.15, -0.1) is 0 Å². The molecule has 0 atom stereocenters. The fraction of sp³-hybridized carbons (Fsp3) is 0.929. The van der Waals surface area contributed by atoms with Crippen LogP contribution in [-0.4, -0.2) is 5.91 Å². The molecular weight excluding hydrogens is 198 g/mol. The summed E-state index contributed by atoms with van der Waals surface area (Å²) in [5, 5.41) is 0. The second kappa shape index (κ2) is 16.9. The van der Waals surface area contributed by atoms with Crippen molar-refractivity contribution in [3.63, 3.8) is 0 Å². The van der Waals surface area contributed by atoms with Crippen LogP contribution in [0.2, 0.25) is 0 Å². The average molecular weight is 229 g/mol. The molecule has 0 saturated carbocycles. The second-order valence-electron chi connectivity index (χ2n) is 4.44. The number of rotatable bonds is 9. The number of unbranched alkanes of at least 4 members (excludes halogenated alkanes) is 9. The van der Waals surface area contributed by atoms with Crippen LogP contribution in [0.3, 0.4) is 0 Å². The molecule has 0 spiro atoms. The lowest BCUT2D eigenvalue weighted by atomic mass is 10.1. The van der Waals surface area contributed by atoms with E-state index < -0.39 is 0 Å². The van der Waals surface area contributed by atoms with E-state index in [0.717, 1.165) is 0 Å². The zero-order chi connectivity index (χ0) is 12.6. The third kappa shape index (κ3) is 29.2. The lowest BCUT2D eigenvalue weighted by Gasteiger charge is -1.99. The molecule has 0 aromatic heterocycles. The third-order valence-corrected chi connectivity index (χ3v) is 2.46. The summed E-state index contributed by atoms with van der Waals surface area (Å²) in [4.78, 5) is 9.22. The van der Waals surface area contributed by atoms with Crippen molar-refractivity contribution in [3.8, 4) is 0 Å². The van der Waals surface area contributed by atoms with Gasteiger partial charge in [0.1, 0.15) is 0 Å². The summed E-state index contributed by atoms with van der Waals surface area (Å²) < 4.78 is 0. The lowest BCUT2D eigenvalue weighted by Crippen LogP contribution is -2.01. The van der Waals surface area contributed by atoms with Crippen LogP contribution >= 0.6 is 0 Å². The number of carbonyl (C=O) groups excluding carboxylic acids is 1. The standard InChI is InChI=1S/C12H26.C2H5NO/c1-3-5-7-9-11-12-10-8-6-4-2;1-2(3)4/h3-12H2,1-2H3;1H3,(H2,3,4). The highest BCUT2D eigenvalue weighted by molar-refractivity contribution is 5.70. The number of hydrogen-bond donors (Lipinski definition) is 1. The SMILES string of the molecule is CC(N)=O.CCCCCCCCCCCC. The summed E-state index contributed by atoms with van der Waals surface area (Å²) in [6, 6.07) is 0. The molecule has 0 saturated heterocycles. The van der Waals surface area contributed by atoms with Crippen LogP contribution in [0.1, 0.15) is 85.0 Å². The Morgan fingerprint density at radius 2 is 0.938 bits per heavy atom. The predicted octanol–water partition coefficient (Wildman–Crippen LogP) is 4.42. The number of carbonyl (C=O) groups is 1. The Morgan fingerprint density at radius 3 is 1.12 bits per heavy atom. The number of amides is 1. The first-order valence-electron chi connectivity index (χ1n) is 6.91. The average Bonchev–Trinajstić information content (AvgIpc) is 2.21. The van der Waals surface area contributed by atoms with E-state index >= 15 is 0 Å². The van der Waals surface area contributed by atoms with Gasteiger partial charge in [-0.3, -0.25) is 4.79 Å². The Hall–Kier alpha value is -0.530. The second-order valence-corrected chi connectivity index (χ2v) is 4.44. The first-order chi connectivity index (χ1) is 7.65. The summed E-state index contributed by atoms with van der Waals surface area (Å²) in [5.41, 5.74) is 4.47. The van der Waals surface area contributed by atoms with Crippen LogP contribution < -0.4 is 5.73 Å². The van der Waals surface area contributed by atoms with Crippen molar-refractivity contribution in [2.24, 2.45) is 5.73 Å². The molecule has 0 rings (SSSR count). The quantitative estimate of drug-likeness (QED) is 0.584. The molecule has 0 aromatic carbocycles. The maximum absolute atomic E-state index is 9.22. The highest BCUT2D eigenvalue weighted by Gasteiger charge is 1.90. The molecule has 0 aromatic rings. The Morgan fingerprint density at radius 1 is 0.750 bits per heavy atom. The molecule has 0 aliphatic carbocycles. The van der Waals surface area contributed by atoms with Crippen LogP contribution in [-0.2, 0) is 4.79 Å². The third-order valence-electron chi connectivity index (χ3n) is 2.46. The van der Waals surface area contributed by atoms with Crippen LogP contribution in [0.5, 0.6) is 0 Å². The first kappa shape index (κ1) is 17.9. The molecule has 0 aliphatic rings. The summed E-state index contributed by atoms with van der Waals surface area (Å²) in [6.07, 6.45) is 14.4. The minimum absolute atomic E-state index is 0.333. The predicted molar refractivity (Wildman–Crippen MR) is 72.4 cm³/mol. The minimum Gasteiger partial charge on any atom is -0.370 e. The largest absolute Gasteiger partial charge is 0.370 e. The van der Waals surface area contributed by atoms with Gasteiger partial charge in [-0.25, -0.2) is 0 Å². The van der Waals surface area contributed by atoms with Crippen molar-refractivity contribution in [2.45, 2.75) is 85.0 Å². The summed E-state index contributed by atoms with van der Waals surface area (Å²) in [5.74, 6) is -0.333. The molecule has 2 heteroatoms. The molecule has 16 heavy (non-hydrogen) atoms. The fourth-order valence-electron chi connectivity index (χ4n) is 1.56. The highest BCUT2D eigenvalue weighted by atomic mass is 16.1. The van der Waals surface area contributed by atoms with E-state index in [1.807, 2.05) is 0 Å². The van der Waals surface area contributed by atoms with Gasteiger partial charge in [-0.2, -0.15) is 0 Å². The Balaban J connectivity index is 0. The van der Waals surface area contributed by atoms with Gasteiger partial charge in [0.15, 0.2) is 0 Å². The van der Waals surface area contributed by atoms with Crippen LogP contribution in [0, 0.1) is 0 Å². The van der Waals surface area contributed by atoms with Crippen LogP contribution in [0.25, 0.3) is 0 Å².